The van der Waals surface area contributed by atoms with Gasteiger partial charge in [-0.15, -0.1) is 13.2 Å². The fourth-order valence-corrected chi connectivity index (χ4v) is 7.61. The summed E-state index contributed by atoms with van der Waals surface area (Å²) >= 11 is 0. The highest BCUT2D eigenvalue weighted by atomic mass is 16.5. The second kappa shape index (κ2) is 12.9. The van der Waals surface area contributed by atoms with E-state index in [9.17, 15) is 19.5 Å². The Morgan fingerprint density at radius 1 is 0.953 bits per heavy atom. The molecule has 228 valence electrons. The summed E-state index contributed by atoms with van der Waals surface area (Å²) in [5.74, 6) is -2.11. The van der Waals surface area contributed by atoms with Crippen molar-refractivity contribution in [1.29, 1.82) is 0 Å². The quantitative estimate of drug-likeness (QED) is 0.339. The highest BCUT2D eigenvalue weighted by Crippen LogP contribution is 2.64. The van der Waals surface area contributed by atoms with E-state index in [2.05, 4.69) is 13.2 Å². The van der Waals surface area contributed by atoms with Crippen LogP contribution in [0.2, 0.25) is 0 Å². The maximum atomic E-state index is 14.6. The van der Waals surface area contributed by atoms with E-state index in [1.54, 1.807) is 26.9 Å². The third-order valence-electron chi connectivity index (χ3n) is 9.49. The number of carbonyl (C=O) groups is 3. The normalized spacial score (nSPS) is 27.2. The summed E-state index contributed by atoms with van der Waals surface area (Å²) in [6.07, 6.45) is 5.38. The minimum atomic E-state index is -1.12. The number of hydrogen-bond acceptors (Lipinski definition) is 5. The highest BCUT2D eigenvalue weighted by molar-refractivity contribution is 5.99. The van der Waals surface area contributed by atoms with E-state index in [1.165, 1.54) is 0 Å². The molecule has 43 heavy (non-hydrogen) atoms. The minimum Gasteiger partial charge on any atom is -0.396 e. The van der Waals surface area contributed by atoms with Crippen LogP contribution in [0.15, 0.2) is 86.0 Å². The Morgan fingerprint density at radius 3 is 2.02 bits per heavy atom. The Bertz CT molecular complexity index is 1330. The third-order valence-corrected chi connectivity index (χ3v) is 9.49. The van der Waals surface area contributed by atoms with Crippen molar-refractivity contribution < 1.29 is 24.2 Å². The molecule has 5 atom stereocenters. The van der Waals surface area contributed by atoms with Crippen LogP contribution in [-0.2, 0) is 32.2 Å². The summed E-state index contributed by atoms with van der Waals surface area (Å²) < 4.78 is 6.95. The van der Waals surface area contributed by atoms with Crippen LogP contribution in [0.4, 0.5) is 0 Å². The van der Waals surface area contributed by atoms with Crippen molar-refractivity contribution >= 4 is 17.7 Å². The molecule has 0 radical (unpaired) electrons. The van der Waals surface area contributed by atoms with Gasteiger partial charge in [-0.3, -0.25) is 14.4 Å². The van der Waals surface area contributed by atoms with Crippen LogP contribution in [0.5, 0.6) is 0 Å². The molecule has 2 unspecified atom stereocenters. The van der Waals surface area contributed by atoms with Gasteiger partial charge >= 0.3 is 0 Å². The molecular weight excluding hydrogens is 542 g/mol. The van der Waals surface area contributed by atoms with E-state index >= 15 is 0 Å². The molecule has 8 heteroatoms. The van der Waals surface area contributed by atoms with Crippen LogP contribution in [0.25, 0.3) is 0 Å². The van der Waals surface area contributed by atoms with Gasteiger partial charge in [-0.25, -0.2) is 0 Å². The third kappa shape index (κ3) is 5.43. The second-order valence-electron chi connectivity index (χ2n) is 11.9. The zero-order valence-corrected chi connectivity index (χ0v) is 25.1. The summed E-state index contributed by atoms with van der Waals surface area (Å²) in [7, 11) is 0. The van der Waals surface area contributed by atoms with Gasteiger partial charge in [0.05, 0.1) is 17.4 Å². The summed E-state index contributed by atoms with van der Waals surface area (Å²) in [6, 6.07) is 18.6. The molecule has 3 fully saturated rings. The van der Waals surface area contributed by atoms with Gasteiger partial charge in [-0.05, 0) is 36.8 Å². The fourth-order valence-electron chi connectivity index (χ4n) is 7.61. The van der Waals surface area contributed by atoms with Gasteiger partial charge in [0.1, 0.15) is 11.6 Å². The van der Waals surface area contributed by atoms with E-state index in [0.717, 1.165) is 11.1 Å². The van der Waals surface area contributed by atoms with Crippen LogP contribution in [-0.4, -0.2) is 81.0 Å². The molecule has 3 heterocycles. The van der Waals surface area contributed by atoms with Crippen LogP contribution >= 0.6 is 0 Å². The van der Waals surface area contributed by atoms with E-state index in [1.807, 2.05) is 67.6 Å². The monoisotopic (exact) mass is 585 g/mol. The average Bonchev–Trinajstić information content (AvgIpc) is 3.63. The van der Waals surface area contributed by atoms with Gasteiger partial charge in [0.2, 0.25) is 17.7 Å². The number of likely N-dealkylation sites (tertiary alicyclic amines) is 1. The molecule has 3 amide bonds. The zero-order valence-electron chi connectivity index (χ0n) is 25.1. The Kier molecular flexibility index (Phi) is 9.18. The van der Waals surface area contributed by atoms with Gasteiger partial charge in [-0.2, -0.15) is 0 Å². The summed E-state index contributed by atoms with van der Waals surface area (Å²) in [5.41, 5.74) is -0.00687. The van der Waals surface area contributed by atoms with Gasteiger partial charge in [0.25, 0.3) is 0 Å². The molecule has 5 rings (SSSR count). The summed E-state index contributed by atoms with van der Waals surface area (Å²) in [4.78, 5) is 48.6. The predicted octanol–water partition coefficient (Wildman–Crippen LogP) is 3.95. The first-order chi connectivity index (χ1) is 20.9. The second-order valence-corrected chi connectivity index (χ2v) is 11.9. The lowest BCUT2D eigenvalue weighted by Gasteiger charge is -2.37. The smallest absolute Gasteiger partial charge is 0.248 e. The van der Waals surface area contributed by atoms with Gasteiger partial charge < -0.3 is 24.5 Å². The van der Waals surface area contributed by atoms with E-state index in [-0.39, 0.29) is 30.9 Å². The van der Waals surface area contributed by atoms with Crippen molar-refractivity contribution in [2.45, 2.75) is 62.9 Å². The van der Waals surface area contributed by atoms with Crippen LogP contribution in [0.3, 0.4) is 0 Å². The average molecular weight is 586 g/mol. The SMILES string of the molecule is C=CCN(Cc1ccccc1)C(=O)C1N(CCCO)C(=O)[C@@H]2[C@@H](C(=O)N(CC=C)Cc3ccccc3)[C@@]3(CC)CCC12O3. The van der Waals surface area contributed by atoms with Crippen LogP contribution < -0.4 is 0 Å². The number of fused-ring (bicyclic) bond motifs is 1. The lowest BCUT2D eigenvalue weighted by atomic mass is 9.64. The lowest BCUT2D eigenvalue weighted by molar-refractivity contribution is -0.155. The number of nitrogens with zero attached hydrogens (tertiary/aromatic N) is 3. The van der Waals surface area contributed by atoms with Crippen molar-refractivity contribution in [3.05, 3.63) is 97.1 Å². The molecule has 2 aromatic rings. The lowest BCUT2D eigenvalue weighted by Crippen LogP contribution is -2.56. The first kappa shape index (κ1) is 30.7. The number of rotatable bonds is 14. The van der Waals surface area contributed by atoms with Crippen molar-refractivity contribution in [2.24, 2.45) is 11.8 Å². The van der Waals surface area contributed by atoms with Crippen LogP contribution in [0, 0.1) is 11.8 Å². The van der Waals surface area contributed by atoms with E-state index in [0.29, 0.717) is 51.9 Å². The Balaban J connectivity index is 1.54. The van der Waals surface area contributed by atoms with E-state index in [4.69, 9.17) is 4.74 Å². The molecule has 3 saturated heterocycles. The molecule has 8 nitrogen and oxygen atoms in total. The maximum Gasteiger partial charge on any atom is 0.248 e. The van der Waals surface area contributed by atoms with Gasteiger partial charge in [0.15, 0.2) is 0 Å². The molecule has 3 aliphatic rings. The fraction of sp³-hybridized carbons (Fsp3) is 0.457. The van der Waals surface area contributed by atoms with Crippen molar-refractivity contribution in [3.63, 3.8) is 0 Å². The topological polar surface area (TPSA) is 90.4 Å². The van der Waals surface area contributed by atoms with Crippen LogP contribution in [0.1, 0.15) is 43.7 Å². The van der Waals surface area contributed by atoms with Gasteiger partial charge in [-0.1, -0.05) is 79.7 Å². The highest BCUT2D eigenvalue weighted by Gasteiger charge is 2.79. The number of hydrogen-bond donors (Lipinski definition) is 1. The number of aliphatic hydroxyl groups is 1. The number of benzene rings is 2. The number of carbonyl (C=O) groups excluding carboxylic acids is 3. The molecule has 0 saturated carbocycles. The molecule has 2 bridgehead atoms. The summed E-state index contributed by atoms with van der Waals surface area (Å²) in [5, 5.41) is 9.70. The Hall–Kier alpha value is -3.75. The number of ether oxygens (including phenoxy) is 1. The Morgan fingerprint density at radius 2 is 1.51 bits per heavy atom. The first-order valence-corrected chi connectivity index (χ1v) is 15.3. The molecule has 1 N–H and O–H groups in total. The van der Waals surface area contributed by atoms with Gasteiger partial charge in [0, 0.05) is 39.3 Å². The maximum absolute atomic E-state index is 14.6. The van der Waals surface area contributed by atoms with Crippen molar-refractivity contribution in [1.82, 2.24) is 14.7 Å². The predicted molar refractivity (Wildman–Crippen MR) is 164 cm³/mol. The molecule has 0 aromatic heterocycles. The van der Waals surface area contributed by atoms with Crippen molar-refractivity contribution in [3.8, 4) is 0 Å². The van der Waals surface area contributed by atoms with E-state index < -0.39 is 29.1 Å². The summed E-state index contributed by atoms with van der Waals surface area (Å²) in [6.45, 7) is 11.2. The standard InChI is InChI=1S/C35H43N3O5/c1-4-20-36(24-26-14-9-7-10-15-26)31(40)28-29-32(41)38(22-13-23-39)30(35(29)19-18-34(28,6-3)43-35)33(42)37(21-5-2)25-27-16-11-8-12-17-27/h4-5,7-12,14-17,28-30,39H,1-2,6,13,18-25H2,3H3/t28-,29-,30?,34+,35?/m0/s1. The largest absolute Gasteiger partial charge is 0.396 e. The first-order valence-electron chi connectivity index (χ1n) is 15.3. The zero-order chi connectivity index (χ0) is 30.6. The molecule has 3 aliphatic heterocycles. The Labute approximate surface area is 254 Å². The minimum absolute atomic E-state index is 0.116. The molecule has 2 aromatic carbocycles. The molecular formula is C35H43N3O5. The molecule has 1 spiro atoms. The number of aliphatic hydroxyl groups excluding tert-OH is 1. The van der Waals surface area contributed by atoms with Crippen molar-refractivity contribution in [2.75, 3.05) is 26.2 Å². The molecule has 0 aliphatic carbocycles. The number of amides is 3.